The second kappa shape index (κ2) is 7.26. The van der Waals surface area contributed by atoms with E-state index in [9.17, 15) is 9.59 Å². The molecule has 1 aliphatic rings. The molecule has 0 aromatic carbocycles. The van der Waals surface area contributed by atoms with Crippen LogP contribution in [0.5, 0.6) is 0 Å². The fourth-order valence-electron chi connectivity index (χ4n) is 3.61. The molecule has 0 bridgehead atoms. The first-order valence-electron chi connectivity index (χ1n) is 9.47. The maximum atomic E-state index is 13.2. The first kappa shape index (κ1) is 17.9. The molecule has 142 valence electrons. The third kappa shape index (κ3) is 3.29. The van der Waals surface area contributed by atoms with Gasteiger partial charge in [0.1, 0.15) is 10.7 Å². The van der Waals surface area contributed by atoms with Gasteiger partial charge in [0.15, 0.2) is 5.69 Å². The lowest BCUT2D eigenvalue weighted by Crippen LogP contribution is -2.35. The summed E-state index contributed by atoms with van der Waals surface area (Å²) in [6.45, 7) is 4.37. The van der Waals surface area contributed by atoms with Crippen molar-refractivity contribution < 1.29 is 4.79 Å². The van der Waals surface area contributed by atoms with Crippen LogP contribution in [0.2, 0.25) is 0 Å². The minimum absolute atomic E-state index is 0.196. The highest BCUT2D eigenvalue weighted by molar-refractivity contribution is 7.18. The predicted octanol–water partition coefficient (Wildman–Crippen LogP) is 3.03. The molecule has 0 atom stereocenters. The van der Waals surface area contributed by atoms with E-state index < -0.39 is 5.91 Å². The Kier molecular flexibility index (Phi) is 4.82. The predicted molar refractivity (Wildman–Crippen MR) is 106 cm³/mol. The van der Waals surface area contributed by atoms with Crippen LogP contribution < -0.4 is 11.0 Å². The number of aryl methyl sites for hydroxylation is 4. The molecule has 0 saturated heterocycles. The van der Waals surface area contributed by atoms with Crippen molar-refractivity contribution in [1.29, 1.82) is 0 Å². The molecule has 8 heteroatoms. The van der Waals surface area contributed by atoms with Crippen molar-refractivity contribution in [3.05, 3.63) is 44.6 Å². The van der Waals surface area contributed by atoms with Gasteiger partial charge in [-0.25, -0.2) is 9.66 Å². The van der Waals surface area contributed by atoms with Gasteiger partial charge < -0.3 is 0 Å². The Hall–Kier alpha value is -2.48. The third-order valence-corrected chi connectivity index (χ3v) is 6.25. The minimum Gasteiger partial charge on any atom is -0.272 e. The van der Waals surface area contributed by atoms with E-state index in [0.29, 0.717) is 17.8 Å². The molecule has 0 aliphatic heterocycles. The van der Waals surface area contributed by atoms with Gasteiger partial charge in [0.05, 0.1) is 5.39 Å². The van der Waals surface area contributed by atoms with Gasteiger partial charge >= 0.3 is 0 Å². The van der Waals surface area contributed by atoms with Crippen molar-refractivity contribution in [3.63, 3.8) is 0 Å². The van der Waals surface area contributed by atoms with Crippen molar-refractivity contribution >= 4 is 27.5 Å². The average Bonchev–Trinajstić information content (AvgIpc) is 3.23. The molecule has 0 unspecified atom stereocenters. The number of hydrogen-bond acceptors (Lipinski definition) is 5. The van der Waals surface area contributed by atoms with Crippen LogP contribution in [-0.4, -0.2) is 25.3 Å². The highest BCUT2D eigenvalue weighted by atomic mass is 32.1. The Morgan fingerprint density at radius 2 is 2.04 bits per heavy atom. The van der Waals surface area contributed by atoms with Crippen LogP contribution in [0.25, 0.3) is 10.2 Å². The molecule has 3 aromatic heterocycles. The maximum absolute atomic E-state index is 13.2. The molecule has 3 heterocycles. The molecule has 0 saturated carbocycles. The molecular formula is C19H23N5O2S. The van der Waals surface area contributed by atoms with Gasteiger partial charge in [-0.05, 0) is 51.2 Å². The number of nitrogens with zero attached hydrogens (tertiary/aromatic N) is 4. The summed E-state index contributed by atoms with van der Waals surface area (Å²) in [5, 5.41) is 4.87. The lowest BCUT2D eigenvalue weighted by Gasteiger charge is -2.11. The van der Waals surface area contributed by atoms with Crippen LogP contribution in [0.1, 0.15) is 59.4 Å². The lowest BCUT2D eigenvalue weighted by molar-refractivity contribution is 0.100. The largest absolute Gasteiger partial charge is 0.290 e. The van der Waals surface area contributed by atoms with E-state index in [4.69, 9.17) is 0 Å². The highest BCUT2D eigenvalue weighted by Gasteiger charge is 2.21. The molecule has 1 N–H and O–H groups in total. The summed E-state index contributed by atoms with van der Waals surface area (Å²) in [6.07, 6.45) is 8.34. The Morgan fingerprint density at radius 1 is 1.26 bits per heavy atom. The van der Waals surface area contributed by atoms with Crippen LogP contribution in [0.3, 0.4) is 0 Å². The van der Waals surface area contributed by atoms with Crippen molar-refractivity contribution in [2.24, 2.45) is 0 Å². The average molecular weight is 385 g/mol. The highest BCUT2D eigenvalue weighted by Crippen LogP contribution is 2.32. The van der Waals surface area contributed by atoms with E-state index in [1.807, 2.05) is 6.92 Å². The summed E-state index contributed by atoms with van der Waals surface area (Å²) < 4.78 is 2.94. The SMILES string of the molecule is CCn1ccc(C(=O)Nn2c(C)nc3sc4c(c3c2=O)CCCCCC4)n1. The number of aromatic nitrogens is 4. The molecule has 3 aromatic rings. The smallest absolute Gasteiger partial charge is 0.272 e. The number of hydrogen-bond donors (Lipinski definition) is 1. The van der Waals surface area contributed by atoms with Gasteiger partial charge in [0.2, 0.25) is 0 Å². The van der Waals surface area contributed by atoms with Crippen molar-refractivity contribution in [2.75, 3.05) is 5.43 Å². The molecular weight excluding hydrogens is 362 g/mol. The van der Waals surface area contributed by atoms with Gasteiger partial charge in [-0.1, -0.05) is 12.8 Å². The zero-order valence-electron chi connectivity index (χ0n) is 15.6. The van der Waals surface area contributed by atoms with Gasteiger partial charge in [-0.3, -0.25) is 19.7 Å². The number of rotatable bonds is 3. The van der Waals surface area contributed by atoms with Gasteiger partial charge in [0.25, 0.3) is 11.5 Å². The topological polar surface area (TPSA) is 81.8 Å². The normalized spacial score (nSPS) is 14.6. The first-order valence-corrected chi connectivity index (χ1v) is 10.3. The van der Waals surface area contributed by atoms with Crippen LogP contribution in [0.4, 0.5) is 0 Å². The number of carbonyl (C=O) groups excluding carboxylic acids is 1. The number of nitrogens with one attached hydrogen (secondary N) is 1. The summed E-state index contributed by atoms with van der Waals surface area (Å²) in [5.74, 6) is 0.0664. The monoisotopic (exact) mass is 385 g/mol. The zero-order valence-corrected chi connectivity index (χ0v) is 16.4. The quantitative estimate of drug-likeness (QED) is 0.751. The van der Waals surface area contributed by atoms with Crippen molar-refractivity contribution in [2.45, 2.75) is 58.9 Å². The van der Waals surface area contributed by atoms with Crippen molar-refractivity contribution in [3.8, 4) is 0 Å². The van der Waals surface area contributed by atoms with E-state index in [-0.39, 0.29) is 11.3 Å². The summed E-state index contributed by atoms with van der Waals surface area (Å²) in [5.41, 5.74) is 3.90. The Morgan fingerprint density at radius 3 is 2.78 bits per heavy atom. The van der Waals surface area contributed by atoms with Crippen LogP contribution in [0, 0.1) is 6.92 Å². The number of carbonyl (C=O) groups is 1. The standard InChI is InChI=1S/C19H23N5O2S/c1-3-23-11-10-14(21-23)17(25)22-24-12(2)20-18-16(19(24)26)13-8-6-4-5-7-9-15(13)27-18/h10-11H,3-9H2,1-2H3,(H,22,25). The van der Waals surface area contributed by atoms with Gasteiger partial charge in [-0.2, -0.15) is 5.10 Å². The second-order valence-electron chi connectivity index (χ2n) is 6.90. The molecule has 27 heavy (non-hydrogen) atoms. The summed E-state index contributed by atoms with van der Waals surface area (Å²) in [7, 11) is 0. The molecule has 7 nitrogen and oxygen atoms in total. The van der Waals surface area contributed by atoms with E-state index in [0.717, 1.165) is 36.1 Å². The van der Waals surface area contributed by atoms with Crippen molar-refractivity contribution in [1.82, 2.24) is 19.4 Å². The summed E-state index contributed by atoms with van der Waals surface area (Å²) in [6, 6.07) is 1.64. The third-order valence-electron chi connectivity index (χ3n) is 5.07. The van der Waals surface area contributed by atoms with E-state index >= 15 is 0 Å². The fourth-order valence-corrected chi connectivity index (χ4v) is 4.91. The first-order chi connectivity index (χ1) is 13.1. The van der Waals surface area contributed by atoms with E-state index in [1.165, 1.54) is 22.4 Å². The summed E-state index contributed by atoms with van der Waals surface area (Å²) in [4.78, 5) is 32.4. The number of fused-ring (bicyclic) bond motifs is 3. The molecule has 0 fully saturated rings. The molecule has 1 aliphatic carbocycles. The van der Waals surface area contributed by atoms with Gasteiger partial charge in [0, 0.05) is 17.6 Å². The Labute approximate surface area is 161 Å². The summed E-state index contributed by atoms with van der Waals surface area (Å²) >= 11 is 1.63. The molecule has 0 spiro atoms. The zero-order chi connectivity index (χ0) is 19.0. The molecule has 4 rings (SSSR count). The minimum atomic E-state index is -0.410. The fraction of sp³-hybridized carbons (Fsp3) is 0.474. The van der Waals surface area contributed by atoms with E-state index in [2.05, 4.69) is 15.5 Å². The molecule has 0 radical (unpaired) electrons. The van der Waals surface area contributed by atoms with Crippen LogP contribution >= 0.6 is 11.3 Å². The second-order valence-corrected chi connectivity index (χ2v) is 7.98. The Bertz CT molecular complexity index is 1060. The van der Waals surface area contributed by atoms with Gasteiger partial charge in [-0.15, -0.1) is 11.3 Å². The lowest BCUT2D eigenvalue weighted by atomic mass is 9.98. The number of thiophene rings is 1. The number of amides is 1. The maximum Gasteiger partial charge on any atom is 0.290 e. The Balaban J connectivity index is 1.75. The van der Waals surface area contributed by atoms with E-state index in [1.54, 1.807) is 35.2 Å². The van der Waals surface area contributed by atoms with Crippen LogP contribution in [-0.2, 0) is 19.4 Å². The van der Waals surface area contributed by atoms with Crippen LogP contribution in [0.15, 0.2) is 17.1 Å². The molecule has 1 amide bonds.